The Morgan fingerprint density at radius 1 is 0.962 bits per heavy atom. The molecule has 3 aromatic rings. The number of hydrogen-bond acceptors (Lipinski definition) is 3. The first kappa shape index (κ1) is 16.5. The van der Waals surface area contributed by atoms with E-state index in [0.717, 1.165) is 27.6 Å². The molecule has 4 nitrogen and oxygen atoms in total. The standard InChI is InChI=1S/C21H17NO3S/c1-26-19(20(23)22-21(26)24)17-8-7-16-12-18(10-9-15(16)11-17)25-13-14-5-3-2-4-6-14/h2-12,19H,1,13H2,(H,22,23,24). The molecule has 26 heavy (non-hydrogen) atoms. The van der Waals surface area contributed by atoms with Crippen molar-refractivity contribution in [3.8, 4) is 5.75 Å². The minimum Gasteiger partial charge on any atom is -0.489 e. The first-order chi connectivity index (χ1) is 12.6. The Labute approximate surface area is 153 Å². The first-order valence-corrected chi connectivity index (χ1v) is 9.65. The number of fused-ring (bicyclic) bond motifs is 1. The summed E-state index contributed by atoms with van der Waals surface area (Å²) >= 11 is 0. The summed E-state index contributed by atoms with van der Waals surface area (Å²) in [5, 5.41) is 3.59. The van der Waals surface area contributed by atoms with Crippen molar-refractivity contribution >= 4 is 38.3 Å². The van der Waals surface area contributed by atoms with Crippen LogP contribution in [0.4, 0.5) is 4.79 Å². The highest BCUT2D eigenvalue weighted by Crippen LogP contribution is 2.40. The van der Waals surface area contributed by atoms with E-state index >= 15 is 0 Å². The van der Waals surface area contributed by atoms with E-state index in [2.05, 4.69) is 11.2 Å². The molecule has 130 valence electrons. The molecule has 1 N–H and O–H groups in total. The van der Waals surface area contributed by atoms with Gasteiger partial charge in [-0.05, 0) is 40.1 Å². The number of rotatable bonds is 4. The topological polar surface area (TPSA) is 55.4 Å². The molecule has 0 radical (unpaired) electrons. The van der Waals surface area contributed by atoms with Gasteiger partial charge in [-0.2, -0.15) is 0 Å². The molecular weight excluding hydrogens is 346 g/mol. The second-order valence-corrected chi connectivity index (χ2v) is 7.83. The third-order valence-electron chi connectivity index (χ3n) is 4.37. The molecule has 5 heteroatoms. The van der Waals surface area contributed by atoms with Gasteiger partial charge in [0.1, 0.15) is 17.6 Å². The van der Waals surface area contributed by atoms with Gasteiger partial charge >= 0.3 is 0 Å². The van der Waals surface area contributed by atoms with Crippen molar-refractivity contribution in [3.05, 3.63) is 77.9 Å². The summed E-state index contributed by atoms with van der Waals surface area (Å²) in [5.74, 6) is 4.37. The fourth-order valence-electron chi connectivity index (χ4n) is 3.02. The Morgan fingerprint density at radius 2 is 1.69 bits per heavy atom. The highest BCUT2D eigenvalue weighted by atomic mass is 32.2. The quantitative estimate of drug-likeness (QED) is 0.699. The monoisotopic (exact) mass is 363 g/mol. The molecule has 1 heterocycles. The van der Waals surface area contributed by atoms with Crippen LogP contribution in [0.25, 0.3) is 10.8 Å². The van der Waals surface area contributed by atoms with Crippen molar-refractivity contribution in [2.24, 2.45) is 0 Å². The zero-order chi connectivity index (χ0) is 18.1. The molecule has 1 aliphatic heterocycles. The van der Waals surface area contributed by atoms with Crippen LogP contribution in [0.2, 0.25) is 0 Å². The first-order valence-electron chi connectivity index (χ1n) is 8.20. The third-order valence-corrected chi connectivity index (χ3v) is 6.01. The summed E-state index contributed by atoms with van der Waals surface area (Å²) in [6.45, 7) is 0.513. The van der Waals surface area contributed by atoms with Crippen LogP contribution in [0.15, 0.2) is 66.7 Å². The van der Waals surface area contributed by atoms with Crippen LogP contribution in [0.1, 0.15) is 16.4 Å². The number of imide groups is 1. The summed E-state index contributed by atoms with van der Waals surface area (Å²) in [7, 11) is -0.882. The second kappa shape index (κ2) is 6.77. The van der Waals surface area contributed by atoms with Crippen molar-refractivity contribution in [1.29, 1.82) is 0 Å². The van der Waals surface area contributed by atoms with Gasteiger partial charge in [-0.3, -0.25) is 14.9 Å². The van der Waals surface area contributed by atoms with Crippen molar-refractivity contribution in [2.45, 2.75) is 11.9 Å². The molecule has 0 aromatic heterocycles. The van der Waals surface area contributed by atoms with Crippen LogP contribution >= 0.6 is 10.5 Å². The van der Waals surface area contributed by atoms with Gasteiger partial charge in [-0.1, -0.05) is 64.9 Å². The van der Waals surface area contributed by atoms with Crippen LogP contribution in [0.3, 0.4) is 0 Å². The highest BCUT2D eigenvalue weighted by molar-refractivity contribution is 8.28. The Morgan fingerprint density at radius 3 is 2.42 bits per heavy atom. The lowest BCUT2D eigenvalue weighted by atomic mass is 10.0. The van der Waals surface area contributed by atoms with Crippen LogP contribution in [-0.2, 0) is 11.4 Å². The Kier molecular flexibility index (Phi) is 4.31. The van der Waals surface area contributed by atoms with Crippen LogP contribution < -0.4 is 10.1 Å². The molecule has 0 aliphatic carbocycles. The SMILES string of the molecule is C=S1C(=O)NC(=O)C1c1ccc2cc(OCc3ccccc3)ccc2c1. The fraction of sp³-hybridized carbons (Fsp3) is 0.0952. The average molecular weight is 363 g/mol. The molecule has 0 saturated carbocycles. The van der Waals surface area contributed by atoms with Crippen molar-refractivity contribution in [2.75, 3.05) is 0 Å². The Balaban J connectivity index is 1.57. The molecule has 0 bridgehead atoms. The molecule has 2 amide bonds. The van der Waals surface area contributed by atoms with Crippen molar-refractivity contribution < 1.29 is 14.3 Å². The van der Waals surface area contributed by atoms with Crippen molar-refractivity contribution in [1.82, 2.24) is 5.32 Å². The summed E-state index contributed by atoms with van der Waals surface area (Å²) in [6, 6.07) is 21.7. The van der Waals surface area contributed by atoms with Crippen LogP contribution in [0.5, 0.6) is 5.75 Å². The number of ether oxygens (including phenoxy) is 1. The average Bonchev–Trinajstić information content (AvgIpc) is 2.92. The van der Waals surface area contributed by atoms with Crippen molar-refractivity contribution in [3.63, 3.8) is 0 Å². The van der Waals surface area contributed by atoms with Gasteiger partial charge in [-0.15, -0.1) is 0 Å². The predicted octanol–water partition coefficient (Wildman–Crippen LogP) is 4.41. The van der Waals surface area contributed by atoms with Crippen LogP contribution in [0, 0.1) is 0 Å². The summed E-state index contributed by atoms with van der Waals surface area (Å²) in [6.07, 6.45) is 0. The van der Waals surface area contributed by atoms with Gasteiger partial charge in [0.25, 0.3) is 5.24 Å². The largest absolute Gasteiger partial charge is 0.489 e. The highest BCUT2D eigenvalue weighted by Gasteiger charge is 2.35. The predicted molar refractivity (Wildman–Crippen MR) is 106 cm³/mol. The lowest BCUT2D eigenvalue weighted by molar-refractivity contribution is -0.119. The van der Waals surface area contributed by atoms with E-state index < -0.39 is 15.7 Å². The van der Waals surface area contributed by atoms with Crippen LogP contribution in [-0.4, -0.2) is 17.0 Å². The molecule has 2 atom stereocenters. The minimum atomic E-state index is -0.882. The number of amides is 2. The molecular formula is C21H17NO3S. The maximum atomic E-state index is 12.0. The van der Waals surface area contributed by atoms with E-state index in [0.29, 0.717) is 6.61 Å². The number of benzene rings is 3. The molecule has 1 fully saturated rings. The maximum absolute atomic E-state index is 12.0. The number of nitrogens with one attached hydrogen (secondary N) is 1. The molecule has 1 aliphatic rings. The lowest BCUT2D eigenvalue weighted by Gasteiger charge is -2.11. The second-order valence-electron chi connectivity index (χ2n) is 6.13. The normalized spacial score (nSPS) is 19.5. The minimum absolute atomic E-state index is 0.268. The molecule has 1 saturated heterocycles. The van der Waals surface area contributed by atoms with Gasteiger partial charge in [0.15, 0.2) is 0 Å². The summed E-state index contributed by atoms with van der Waals surface area (Å²) in [4.78, 5) is 23.7. The number of carbonyl (C=O) groups is 2. The Hall–Kier alpha value is -2.92. The van der Waals surface area contributed by atoms with E-state index in [9.17, 15) is 9.59 Å². The van der Waals surface area contributed by atoms with E-state index in [-0.39, 0.29) is 11.1 Å². The zero-order valence-corrected chi connectivity index (χ0v) is 14.8. The molecule has 0 spiro atoms. The zero-order valence-electron chi connectivity index (χ0n) is 14.0. The van der Waals surface area contributed by atoms with E-state index in [4.69, 9.17) is 4.74 Å². The summed E-state index contributed by atoms with van der Waals surface area (Å²) < 4.78 is 5.86. The molecule has 3 aromatic carbocycles. The van der Waals surface area contributed by atoms with E-state index in [1.54, 1.807) is 0 Å². The molecule has 2 unspecified atom stereocenters. The van der Waals surface area contributed by atoms with Gasteiger partial charge in [-0.25, -0.2) is 0 Å². The van der Waals surface area contributed by atoms with Gasteiger partial charge in [0, 0.05) is 0 Å². The Bertz CT molecular complexity index is 1030. The van der Waals surface area contributed by atoms with E-state index in [1.807, 2.05) is 66.7 Å². The molecule has 4 rings (SSSR count). The number of hydrogen-bond donors (Lipinski definition) is 1. The lowest BCUT2D eigenvalue weighted by Crippen LogP contribution is -2.20. The fourth-order valence-corrected chi connectivity index (χ4v) is 4.26. The van der Waals surface area contributed by atoms with Gasteiger partial charge in [0.05, 0.1) is 0 Å². The summed E-state index contributed by atoms with van der Waals surface area (Å²) in [5.41, 5.74) is 1.93. The number of carbonyl (C=O) groups excluding carboxylic acids is 2. The third kappa shape index (κ3) is 3.13. The van der Waals surface area contributed by atoms with Gasteiger partial charge < -0.3 is 4.74 Å². The van der Waals surface area contributed by atoms with Gasteiger partial charge in [0.2, 0.25) is 5.91 Å². The maximum Gasteiger partial charge on any atom is 0.280 e. The van der Waals surface area contributed by atoms with E-state index in [1.165, 1.54) is 0 Å². The smallest absolute Gasteiger partial charge is 0.280 e.